The highest BCUT2D eigenvalue weighted by Gasteiger charge is 2.56. The number of nitrogens with zero attached hydrogens (tertiary/aromatic N) is 1. The Kier molecular flexibility index (Phi) is 1.67. The number of fused-ring (bicyclic) bond motifs is 1. The number of aliphatic hydroxyl groups excluding tert-OH is 1. The molecule has 0 amide bonds. The maximum Gasteiger partial charge on any atom is 0.262 e. The van der Waals surface area contributed by atoms with E-state index in [9.17, 15) is 8.78 Å². The number of rotatable bonds is 1. The van der Waals surface area contributed by atoms with Crippen LogP contribution in [-0.2, 0) is 0 Å². The molecule has 2 saturated heterocycles. The third-order valence-corrected chi connectivity index (χ3v) is 3.05. The van der Waals surface area contributed by atoms with E-state index >= 15 is 0 Å². The lowest BCUT2D eigenvalue weighted by molar-refractivity contribution is 0.00767. The number of hydrogen-bond acceptors (Lipinski definition) is 2. The molecule has 2 nitrogen and oxygen atoms in total. The Morgan fingerprint density at radius 1 is 1.42 bits per heavy atom. The fourth-order valence-corrected chi connectivity index (χ4v) is 2.49. The molecule has 2 fully saturated rings. The third kappa shape index (κ3) is 1.05. The number of aliphatic hydroxyl groups is 1. The highest BCUT2D eigenvalue weighted by molar-refractivity contribution is 5.05. The monoisotopic (exact) mass is 177 g/mol. The van der Waals surface area contributed by atoms with Crippen molar-refractivity contribution in [2.45, 2.75) is 30.7 Å². The summed E-state index contributed by atoms with van der Waals surface area (Å²) in [5, 5.41) is 9.08. The second-order valence-electron chi connectivity index (χ2n) is 3.94. The van der Waals surface area contributed by atoms with Gasteiger partial charge in [-0.25, -0.2) is 8.78 Å². The first-order valence-electron chi connectivity index (χ1n) is 4.32. The molecule has 1 unspecified atom stereocenters. The van der Waals surface area contributed by atoms with Gasteiger partial charge in [-0.1, -0.05) is 0 Å². The second-order valence-corrected chi connectivity index (χ2v) is 3.94. The average Bonchev–Trinajstić information content (AvgIpc) is 2.40. The number of alkyl halides is 2. The lowest BCUT2D eigenvalue weighted by Gasteiger charge is -2.28. The zero-order valence-electron chi connectivity index (χ0n) is 6.89. The quantitative estimate of drug-likeness (QED) is 0.642. The van der Waals surface area contributed by atoms with Crippen molar-refractivity contribution in [3.05, 3.63) is 0 Å². The Morgan fingerprint density at radius 2 is 2.17 bits per heavy atom. The predicted octanol–water partition coefficient (Wildman–Crippen LogP) is 0.852. The van der Waals surface area contributed by atoms with Crippen LogP contribution in [0.4, 0.5) is 8.78 Å². The zero-order chi connectivity index (χ0) is 8.82. The lowest BCUT2D eigenvalue weighted by Crippen LogP contribution is -2.41. The van der Waals surface area contributed by atoms with Gasteiger partial charge >= 0.3 is 0 Å². The van der Waals surface area contributed by atoms with Gasteiger partial charge in [0.2, 0.25) is 0 Å². The van der Waals surface area contributed by atoms with Crippen molar-refractivity contribution in [3.8, 4) is 0 Å². The molecule has 0 aromatic heterocycles. The number of halogens is 2. The van der Waals surface area contributed by atoms with Gasteiger partial charge in [0.25, 0.3) is 5.92 Å². The first-order chi connectivity index (χ1) is 5.58. The van der Waals surface area contributed by atoms with Crippen LogP contribution in [0.1, 0.15) is 19.3 Å². The van der Waals surface area contributed by atoms with Crippen molar-refractivity contribution >= 4 is 0 Å². The van der Waals surface area contributed by atoms with Gasteiger partial charge in [-0.2, -0.15) is 0 Å². The van der Waals surface area contributed by atoms with Gasteiger partial charge in [-0.3, -0.25) is 4.90 Å². The molecular weight excluding hydrogens is 164 g/mol. The number of hydrogen-bond donors (Lipinski definition) is 1. The Hall–Kier alpha value is -0.220. The highest BCUT2D eigenvalue weighted by Crippen LogP contribution is 2.45. The molecule has 12 heavy (non-hydrogen) atoms. The Balaban J connectivity index is 2.20. The summed E-state index contributed by atoms with van der Waals surface area (Å²) in [7, 11) is 0. The largest absolute Gasteiger partial charge is 0.394 e. The van der Waals surface area contributed by atoms with Crippen LogP contribution in [0.15, 0.2) is 0 Å². The van der Waals surface area contributed by atoms with Crippen molar-refractivity contribution in [2.75, 3.05) is 19.7 Å². The standard InChI is InChI=1S/C8H13F2NO/c9-8(10)4-7(6-12)2-1-3-11(7)5-8/h12H,1-6H2. The molecular formula is C8H13F2NO. The van der Waals surface area contributed by atoms with E-state index < -0.39 is 11.5 Å². The minimum absolute atomic E-state index is 0.122. The van der Waals surface area contributed by atoms with Crippen molar-refractivity contribution in [3.63, 3.8) is 0 Å². The molecule has 70 valence electrons. The van der Waals surface area contributed by atoms with E-state index in [1.54, 1.807) is 4.90 Å². The first-order valence-corrected chi connectivity index (χ1v) is 4.32. The molecule has 4 heteroatoms. The molecule has 2 aliphatic heterocycles. The van der Waals surface area contributed by atoms with Gasteiger partial charge in [-0.15, -0.1) is 0 Å². The van der Waals surface area contributed by atoms with Gasteiger partial charge in [0.1, 0.15) is 0 Å². The van der Waals surface area contributed by atoms with E-state index in [0.717, 1.165) is 19.4 Å². The van der Waals surface area contributed by atoms with E-state index in [1.807, 2.05) is 0 Å². The summed E-state index contributed by atoms with van der Waals surface area (Å²) in [6.07, 6.45) is 1.51. The summed E-state index contributed by atoms with van der Waals surface area (Å²) < 4.78 is 25.9. The summed E-state index contributed by atoms with van der Waals surface area (Å²) in [5.41, 5.74) is -0.580. The normalized spacial score (nSPS) is 40.2. The Labute approximate surface area is 70.2 Å². The van der Waals surface area contributed by atoms with Crippen molar-refractivity contribution in [2.24, 2.45) is 0 Å². The summed E-state index contributed by atoms with van der Waals surface area (Å²) in [6, 6.07) is 0. The van der Waals surface area contributed by atoms with E-state index in [0.29, 0.717) is 0 Å². The van der Waals surface area contributed by atoms with Crippen molar-refractivity contribution in [1.29, 1.82) is 0 Å². The molecule has 0 aromatic carbocycles. The van der Waals surface area contributed by atoms with Crippen LogP contribution in [0, 0.1) is 0 Å². The Morgan fingerprint density at radius 3 is 2.75 bits per heavy atom. The van der Waals surface area contributed by atoms with Crippen LogP contribution in [0.5, 0.6) is 0 Å². The van der Waals surface area contributed by atoms with Gasteiger partial charge in [-0.05, 0) is 19.4 Å². The molecule has 2 heterocycles. The zero-order valence-corrected chi connectivity index (χ0v) is 6.89. The van der Waals surface area contributed by atoms with Crippen molar-refractivity contribution in [1.82, 2.24) is 4.90 Å². The van der Waals surface area contributed by atoms with Crippen molar-refractivity contribution < 1.29 is 13.9 Å². The molecule has 2 aliphatic rings. The predicted molar refractivity (Wildman–Crippen MR) is 40.2 cm³/mol. The Bertz CT molecular complexity index is 197. The van der Waals surface area contributed by atoms with Gasteiger partial charge < -0.3 is 5.11 Å². The van der Waals surface area contributed by atoms with E-state index in [1.165, 1.54) is 0 Å². The molecule has 0 aromatic rings. The molecule has 1 N–H and O–H groups in total. The summed E-state index contributed by atoms with van der Waals surface area (Å²) >= 11 is 0. The van der Waals surface area contributed by atoms with Crippen LogP contribution >= 0.6 is 0 Å². The SMILES string of the molecule is OCC12CCCN1CC(F)(F)C2. The molecule has 0 saturated carbocycles. The summed E-state index contributed by atoms with van der Waals surface area (Å²) in [6.45, 7) is 0.437. The van der Waals surface area contributed by atoms with E-state index in [-0.39, 0.29) is 19.6 Å². The molecule has 0 aliphatic carbocycles. The minimum Gasteiger partial charge on any atom is -0.394 e. The molecule has 0 spiro atoms. The summed E-state index contributed by atoms with van der Waals surface area (Å²) in [4.78, 5) is 1.74. The molecule has 2 rings (SSSR count). The van der Waals surface area contributed by atoms with Gasteiger partial charge in [0, 0.05) is 6.42 Å². The minimum atomic E-state index is -2.58. The molecule has 0 radical (unpaired) electrons. The highest BCUT2D eigenvalue weighted by atomic mass is 19.3. The van der Waals surface area contributed by atoms with Gasteiger partial charge in [0.15, 0.2) is 0 Å². The second kappa shape index (κ2) is 2.39. The van der Waals surface area contributed by atoms with E-state index in [2.05, 4.69) is 0 Å². The van der Waals surface area contributed by atoms with Crippen LogP contribution in [0.2, 0.25) is 0 Å². The topological polar surface area (TPSA) is 23.5 Å². The first kappa shape index (κ1) is 8.38. The van der Waals surface area contributed by atoms with Gasteiger partial charge in [0.05, 0.1) is 18.7 Å². The summed E-state index contributed by atoms with van der Waals surface area (Å²) in [5.74, 6) is -2.58. The third-order valence-electron chi connectivity index (χ3n) is 3.05. The fraction of sp³-hybridized carbons (Fsp3) is 1.00. The lowest BCUT2D eigenvalue weighted by atomic mass is 9.94. The van der Waals surface area contributed by atoms with Crippen LogP contribution in [0.3, 0.4) is 0 Å². The molecule has 0 bridgehead atoms. The molecule has 1 atom stereocenters. The maximum absolute atomic E-state index is 12.9. The van der Waals surface area contributed by atoms with Crippen LogP contribution in [-0.4, -0.2) is 41.2 Å². The van der Waals surface area contributed by atoms with E-state index in [4.69, 9.17) is 5.11 Å². The average molecular weight is 177 g/mol. The maximum atomic E-state index is 12.9. The van der Waals surface area contributed by atoms with Crippen LogP contribution < -0.4 is 0 Å². The van der Waals surface area contributed by atoms with Crippen LogP contribution in [0.25, 0.3) is 0 Å². The smallest absolute Gasteiger partial charge is 0.262 e. The fourth-order valence-electron chi connectivity index (χ4n) is 2.49.